The standard InChI is InChI=1S/C13H13BrClNO2/c14-9-2-4-12(15)11(6-9)13(18)16-10-3-1-8(5-10)7-17/h1-4,6,8,10,17H,5,7H2,(H,16,18)/t8-,10+/m0/s1. The van der Waals surface area contributed by atoms with E-state index >= 15 is 0 Å². The summed E-state index contributed by atoms with van der Waals surface area (Å²) in [5, 5.41) is 12.3. The molecule has 18 heavy (non-hydrogen) atoms. The fourth-order valence-electron chi connectivity index (χ4n) is 1.93. The van der Waals surface area contributed by atoms with Gasteiger partial charge in [-0.05, 0) is 24.6 Å². The molecule has 3 nitrogen and oxygen atoms in total. The maximum atomic E-state index is 12.1. The second kappa shape index (κ2) is 5.87. The van der Waals surface area contributed by atoms with Crippen molar-refractivity contribution in [2.75, 3.05) is 6.61 Å². The monoisotopic (exact) mass is 329 g/mol. The van der Waals surface area contributed by atoms with E-state index < -0.39 is 0 Å². The maximum Gasteiger partial charge on any atom is 0.253 e. The molecular formula is C13H13BrClNO2. The Kier molecular flexibility index (Phi) is 4.43. The van der Waals surface area contributed by atoms with Gasteiger partial charge in [0.2, 0.25) is 0 Å². The molecule has 5 heteroatoms. The van der Waals surface area contributed by atoms with Crippen molar-refractivity contribution in [3.05, 3.63) is 45.4 Å². The number of carbonyl (C=O) groups excluding carboxylic acids is 1. The molecule has 2 N–H and O–H groups in total. The molecule has 1 aromatic carbocycles. The predicted molar refractivity (Wildman–Crippen MR) is 74.7 cm³/mol. The number of rotatable bonds is 3. The van der Waals surface area contributed by atoms with E-state index in [9.17, 15) is 4.79 Å². The Morgan fingerprint density at radius 2 is 2.28 bits per heavy atom. The van der Waals surface area contributed by atoms with Crippen LogP contribution >= 0.6 is 27.5 Å². The van der Waals surface area contributed by atoms with Crippen molar-refractivity contribution < 1.29 is 9.90 Å². The molecule has 0 saturated carbocycles. The molecule has 96 valence electrons. The van der Waals surface area contributed by atoms with E-state index in [1.54, 1.807) is 18.2 Å². The summed E-state index contributed by atoms with van der Waals surface area (Å²) in [5.41, 5.74) is 0.451. The van der Waals surface area contributed by atoms with Crippen LogP contribution in [0.4, 0.5) is 0 Å². The zero-order valence-electron chi connectivity index (χ0n) is 9.57. The molecule has 1 aliphatic rings. The third-order valence-electron chi connectivity index (χ3n) is 2.90. The van der Waals surface area contributed by atoms with Gasteiger partial charge in [-0.25, -0.2) is 0 Å². The predicted octanol–water partition coefficient (Wildman–Crippen LogP) is 2.77. The minimum absolute atomic E-state index is 0.0373. The fourth-order valence-corrected chi connectivity index (χ4v) is 2.50. The van der Waals surface area contributed by atoms with Gasteiger partial charge in [-0.15, -0.1) is 0 Å². The van der Waals surface area contributed by atoms with Crippen LogP contribution in [-0.2, 0) is 0 Å². The Labute approximate surface area is 119 Å². The smallest absolute Gasteiger partial charge is 0.253 e. The topological polar surface area (TPSA) is 49.3 Å². The van der Waals surface area contributed by atoms with Crippen LogP contribution in [0, 0.1) is 5.92 Å². The van der Waals surface area contributed by atoms with E-state index in [0.717, 1.165) is 10.9 Å². The number of hydrogen-bond donors (Lipinski definition) is 2. The quantitative estimate of drug-likeness (QED) is 0.837. The van der Waals surface area contributed by atoms with Crippen LogP contribution in [0.25, 0.3) is 0 Å². The highest BCUT2D eigenvalue weighted by molar-refractivity contribution is 9.10. The first kappa shape index (κ1) is 13.6. The Hall–Kier alpha value is -0.840. The van der Waals surface area contributed by atoms with Crippen molar-refractivity contribution in [2.24, 2.45) is 5.92 Å². The first-order valence-corrected chi connectivity index (χ1v) is 6.82. The minimum atomic E-state index is -0.200. The zero-order chi connectivity index (χ0) is 13.1. The SMILES string of the molecule is O=C(N[C@@H]1C=C[C@H](CO)C1)c1cc(Br)ccc1Cl. The lowest BCUT2D eigenvalue weighted by Gasteiger charge is -2.13. The van der Waals surface area contributed by atoms with Crippen LogP contribution in [0.1, 0.15) is 16.8 Å². The lowest BCUT2D eigenvalue weighted by molar-refractivity contribution is 0.0941. The lowest BCUT2D eigenvalue weighted by atomic mass is 10.1. The van der Waals surface area contributed by atoms with E-state index in [1.807, 2.05) is 12.2 Å². The Morgan fingerprint density at radius 1 is 1.50 bits per heavy atom. The highest BCUT2D eigenvalue weighted by atomic mass is 79.9. The largest absolute Gasteiger partial charge is 0.396 e. The van der Waals surface area contributed by atoms with Gasteiger partial charge in [0, 0.05) is 23.0 Å². The Morgan fingerprint density at radius 3 is 2.94 bits per heavy atom. The summed E-state index contributed by atoms with van der Waals surface area (Å²) in [4.78, 5) is 12.1. The van der Waals surface area contributed by atoms with Gasteiger partial charge in [0.1, 0.15) is 0 Å². The van der Waals surface area contributed by atoms with Crippen LogP contribution in [0.2, 0.25) is 5.02 Å². The van der Waals surface area contributed by atoms with E-state index in [-0.39, 0.29) is 24.5 Å². The third kappa shape index (κ3) is 3.13. The summed E-state index contributed by atoms with van der Waals surface area (Å²) in [6, 6.07) is 5.13. The van der Waals surface area contributed by atoms with Crippen LogP contribution in [-0.4, -0.2) is 23.7 Å². The van der Waals surface area contributed by atoms with Gasteiger partial charge in [-0.2, -0.15) is 0 Å². The van der Waals surface area contributed by atoms with Crippen molar-refractivity contribution in [1.29, 1.82) is 0 Å². The molecule has 1 aliphatic carbocycles. The van der Waals surface area contributed by atoms with Gasteiger partial charge in [0.05, 0.1) is 10.6 Å². The normalized spacial score (nSPS) is 22.2. The molecule has 1 amide bonds. The van der Waals surface area contributed by atoms with Gasteiger partial charge in [-0.1, -0.05) is 39.7 Å². The highest BCUT2D eigenvalue weighted by Gasteiger charge is 2.21. The molecule has 0 aromatic heterocycles. The van der Waals surface area contributed by atoms with Crippen LogP contribution < -0.4 is 5.32 Å². The lowest BCUT2D eigenvalue weighted by Crippen LogP contribution is -2.33. The molecule has 0 radical (unpaired) electrons. The van der Waals surface area contributed by atoms with Gasteiger partial charge in [0.15, 0.2) is 0 Å². The summed E-state index contributed by atoms with van der Waals surface area (Å²) in [6.07, 6.45) is 4.56. The van der Waals surface area contributed by atoms with Crippen molar-refractivity contribution in [2.45, 2.75) is 12.5 Å². The average Bonchev–Trinajstić information content (AvgIpc) is 2.80. The van der Waals surface area contributed by atoms with Gasteiger partial charge in [-0.3, -0.25) is 4.79 Å². The molecule has 0 aliphatic heterocycles. The van der Waals surface area contributed by atoms with Gasteiger partial charge < -0.3 is 10.4 Å². The number of carbonyl (C=O) groups is 1. The molecule has 0 spiro atoms. The van der Waals surface area contributed by atoms with E-state index in [4.69, 9.17) is 16.7 Å². The number of aliphatic hydroxyl groups excluding tert-OH is 1. The fraction of sp³-hybridized carbons (Fsp3) is 0.308. The zero-order valence-corrected chi connectivity index (χ0v) is 11.9. The van der Waals surface area contributed by atoms with E-state index in [1.165, 1.54) is 0 Å². The van der Waals surface area contributed by atoms with Gasteiger partial charge in [0.25, 0.3) is 5.91 Å². The molecule has 2 rings (SSSR count). The van der Waals surface area contributed by atoms with Crippen molar-refractivity contribution in [3.8, 4) is 0 Å². The third-order valence-corrected chi connectivity index (χ3v) is 3.72. The molecule has 2 atom stereocenters. The van der Waals surface area contributed by atoms with Crippen LogP contribution in [0.15, 0.2) is 34.8 Å². The maximum absolute atomic E-state index is 12.1. The first-order chi connectivity index (χ1) is 8.60. The molecule has 0 fully saturated rings. The summed E-state index contributed by atoms with van der Waals surface area (Å²) in [6.45, 7) is 0.112. The molecule has 0 bridgehead atoms. The summed E-state index contributed by atoms with van der Waals surface area (Å²) >= 11 is 9.31. The second-order valence-electron chi connectivity index (χ2n) is 4.27. The molecule has 1 aromatic rings. The second-order valence-corrected chi connectivity index (χ2v) is 5.59. The number of benzene rings is 1. The molecule has 0 unspecified atom stereocenters. The number of halogens is 2. The highest BCUT2D eigenvalue weighted by Crippen LogP contribution is 2.22. The number of nitrogens with one attached hydrogen (secondary N) is 1. The van der Waals surface area contributed by atoms with E-state index in [0.29, 0.717) is 10.6 Å². The molecule has 0 saturated heterocycles. The minimum Gasteiger partial charge on any atom is -0.396 e. The van der Waals surface area contributed by atoms with E-state index in [2.05, 4.69) is 21.2 Å². The summed E-state index contributed by atoms with van der Waals surface area (Å²) in [7, 11) is 0. The molecular weight excluding hydrogens is 318 g/mol. The van der Waals surface area contributed by atoms with Gasteiger partial charge >= 0.3 is 0 Å². The molecule has 0 heterocycles. The van der Waals surface area contributed by atoms with Crippen molar-refractivity contribution in [3.63, 3.8) is 0 Å². The van der Waals surface area contributed by atoms with Crippen LogP contribution in [0.5, 0.6) is 0 Å². The Balaban J connectivity index is 2.04. The summed E-state index contributed by atoms with van der Waals surface area (Å²) < 4.78 is 0.812. The summed E-state index contributed by atoms with van der Waals surface area (Å²) in [5.74, 6) is -0.0668. The van der Waals surface area contributed by atoms with Crippen molar-refractivity contribution >= 4 is 33.4 Å². The van der Waals surface area contributed by atoms with Crippen LogP contribution in [0.3, 0.4) is 0 Å². The average molecular weight is 331 g/mol. The Bertz CT molecular complexity index is 490. The number of hydrogen-bond acceptors (Lipinski definition) is 2. The number of amides is 1. The van der Waals surface area contributed by atoms with Crippen molar-refractivity contribution in [1.82, 2.24) is 5.32 Å². The first-order valence-electron chi connectivity index (χ1n) is 5.65. The number of aliphatic hydroxyl groups is 1.